The van der Waals surface area contributed by atoms with Crippen LogP contribution in [0, 0.1) is 0 Å². The van der Waals surface area contributed by atoms with E-state index in [0.29, 0.717) is 12.4 Å². The third kappa shape index (κ3) is 2.81. The van der Waals surface area contributed by atoms with Crippen LogP contribution in [0.5, 0.6) is 5.75 Å². The lowest BCUT2D eigenvalue weighted by Crippen LogP contribution is -2.18. The second-order valence-electron chi connectivity index (χ2n) is 4.73. The maximum Gasteiger partial charge on any atom is 0.212 e. The summed E-state index contributed by atoms with van der Waals surface area (Å²) in [5.74, 6) is 1.51. The standard InChI is InChI=1S/C14H16N4OS/c1-10(15)7-11-9-20-14-16-13(17-18(11)14)8-19-12-5-3-2-4-6-12/h2-6,9-10H,7-8,15H2,1H3. The Hall–Kier alpha value is -1.92. The zero-order valence-electron chi connectivity index (χ0n) is 11.2. The Morgan fingerprint density at radius 3 is 2.90 bits per heavy atom. The molecule has 0 bridgehead atoms. The maximum absolute atomic E-state index is 5.83. The predicted octanol–water partition coefficient (Wildman–Crippen LogP) is 2.26. The van der Waals surface area contributed by atoms with Gasteiger partial charge < -0.3 is 10.5 Å². The van der Waals surface area contributed by atoms with Crippen molar-refractivity contribution >= 4 is 16.3 Å². The number of ether oxygens (including phenoxy) is 1. The monoisotopic (exact) mass is 288 g/mol. The van der Waals surface area contributed by atoms with Crippen LogP contribution in [0.2, 0.25) is 0 Å². The Morgan fingerprint density at radius 2 is 2.15 bits per heavy atom. The topological polar surface area (TPSA) is 65.4 Å². The number of fused-ring (bicyclic) bond motifs is 1. The molecule has 2 heterocycles. The average molecular weight is 288 g/mol. The number of thiazole rings is 1. The summed E-state index contributed by atoms with van der Waals surface area (Å²) < 4.78 is 7.51. The summed E-state index contributed by atoms with van der Waals surface area (Å²) >= 11 is 1.58. The van der Waals surface area contributed by atoms with Crippen LogP contribution in [0.1, 0.15) is 18.4 Å². The van der Waals surface area contributed by atoms with Crippen molar-refractivity contribution in [3.05, 3.63) is 47.2 Å². The van der Waals surface area contributed by atoms with E-state index in [4.69, 9.17) is 10.5 Å². The zero-order chi connectivity index (χ0) is 13.9. The molecule has 0 aliphatic carbocycles. The number of nitrogens with two attached hydrogens (primary N) is 1. The van der Waals surface area contributed by atoms with Crippen molar-refractivity contribution < 1.29 is 4.74 Å². The molecule has 3 aromatic rings. The van der Waals surface area contributed by atoms with Crippen molar-refractivity contribution in [1.29, 1.82) is 0 Å². The summed E-state index contributed by atoms with van der Waals surface area (Å²) in [4.78, 5) is 5.34. The molecule has 6 heteroatoms. The molecular formula is C14H16N4OS. The minimum atomic E-state index is 0.112. The van der Waals surface area contributed by atoms with Gasteiger partial charge in [-0.25, -0.2) is 4.52 Å². The highest BCUT2D eigenvalue weighted by Crippen LogP contribution is 2.17. The highest BCUT2D eigenvalue weighted by molar-refractivity contribution is 7.15. The molecule has 0 aliphatic rings. The average Bonchev–Trinajstić information content (AvgIpc) is 2.99. The fraction of sp³-hybridized carbons (Fsp3) is 0.286. The lowest BCUT2D eigenvalue weighted by Gasteiger charge is -2.03. The second-order valence-corrected chi connectivity index (χ2v) is 5.57. The minimum absolute atomic E-state index is 0.112. The van der Waals surface area contributed by atoms with Crippen LogP contribution >= 0.6 is 11.3 Å². The van der Waals surface area contributed by atoms with Gasteiger partial charge in [0.25, 0.3) is 0 Å². The molecule has 0 spiro atoms. The van der Waals surface area contributed by atoms with Crippen LogP contribution in [-0.4, -0.2) is 20.6 Å². The van der Waals surface area contributed by atoms with E-state index >= 15 is 0 Å². The molecule has 0 fully saturated rings. The molecule has 2 N–H and O–H groups in total. The number of nitrogens with zero attached hydrogens (tertiary/aromatic N) is 3. The van der Waals surface area contributed by atoms with Gasteiger partial charge in [0.05, 0.1) is 5.69 Å². The fourth-order valence-corrected chi connectivity index (χ4v) is 2.82. The van der Waals surface area contributed by atoms with E-state index in [1.807, 2.05) is 41.8 Å². The van der Waals surface area contributed by atoms with Crippen molar-refractivity contribution in [3.8, 4) is 5.75 Å². The molecule has 0 aliphatic heterocycles. The molecule has 20 heavy (non-hydrogen) atoms. The van der Waals surface area contributed by atoms with Gasteiger partial charge in [0.15, 0.2) is 5.82 Å². The first-order valence-corrected chi connectivity index (χ1v) is 7.36. The number of hydrogen-bond donors (Lipinski definition) is 1. The van der Waals surface area contributed by atoms with Crippen molar-refractivity contribution in [3.63, 3.8) is 0 Å². The van der Waals surface area contributed by atoms with Crippen LogP contribution in [0.3, 0.4) is 0 Å². The van der Waals surface area contributed by atoms with E-state index in [-0.39, 0.29) is 6.04 Å². The van der Waals surface area contributed by atoms with Gasteiger partial charge in [-0.2, -0.15) is 4.98 Å². The number of aromatic nitrogens is 3. The Balaban J connectivity index is 1.74. The van der Waals surface area contributed by atoms with Gasteiger partial charge in [-0.15, -0.1) is 16.4 Å². The van der Waals surface area contributed by atoms with E-state index in [1.165, 1.54) is 0 Å². The minimum Gasteiger partial charge on any atom is -0.486 e. The number of rotatable bonds is 5. The molecule has 2 aromatic heterocycles. The summed E-state index contributed by atoms with van der Waals surface area (Å²) in [6, 6.07) is 9.78. The van der Waals surface area contributed by atoms with Crippen LogP contribution in [0.15, 0.2) is 35.7 Å². The van der Waals surface area contributed by atoms with E-state index in [0.717, 1.165) is 22.8 Å². The molecule has 0 radical (unpaired) electrons. The lowest BCUT2D eigenvalue weighted by atomic mass is 10.2. The molecule has 1 atom stereocenters. The number of hydrogen-bond acceptors (Lipinski definition) is 5. The molecule has 0 amide bonds. The predicted molar refractivity (Wildman–Crippen MR) is 79.0 cm³/mol. The highest BCUT2D eigenvalue weighted by Gasteiger charge is 2.11. The summed E-state index contributed by atoms with van der Waals surface area (Å²) in [6.07, 6.45) is 0.794. The van der Waals surface area contributed by atoms with E-state index in [2.05, 4.69) is 15.5 Å². The lowest BCUT2D eigenvalue weighted by molar-refractivity contribution is 0.296. The van der Waals surface area contributed by atoms with Crippen LogP contribution in [0.25, 0.3) is 4.96 Å². The first-order chi connectivity index (χ1) is 9.72. The molecule has 1 aromatic carbocycles. The van der Waals surface area contributed by atoms with Gasteiger partial charge in [0, 0.05) is 17.8 Å². The highest BCUT2D eigenvalue weighted by atomic mass is 32.1. The molecule has 0 saturated carbocycles. The van der Waals surface area contributed by atoms with Gasteiger partial charge in [-0.3, -0.25) is 0 Å². The smallest absolute Gasteiger partial charge is 0.212 e. The van der Waals surface area contributed by atoms with Crippen LogP contribution in [0.4, 0.5) is 0 Å². The largest absolute Gasteiger partial charge is 0.486 e. The summed E-state index contributed by atoms with van der Waals surface area (Å²) in [5, 5.41) is 6.53. The quantitative estimate of drug-likeness (QED) is 0.782. The van der Waals surface area contributed by atoms with Gasteiger partial charge >= 0.3 is 0 Å². The van der Waals surface area contributed by atoms with Crippen molar-refractivity contribution in [2.24, 2.45) is 5.73 Å². The van der Waals surface area contributed by atoms with E-state index < -0.39 is 0 Å². The number of benzene rings is 1. The van der Waals surface area contributed by atoms with Gasteiger partial charge in [-0.1, -0.05) is 18.2 Å². The summed E-state index contributed by atoms with van der Waals surface area (Å²) in [7, 11) is 0. The number of para-hydroxylation sites is 1. The van der Waals surface area contributed by atoms with Crippen molar-refractivity contribution in [2.45, 2.75) is 26.0 Å². The summed E-state index contributed by atoms with van der Waals surface area (Å²) in [5.41, 5.74) is 6.93. The molecular weight excluding hydrogens is 272 g/mol. The van der Waals surface area contributed by atoms with Gasteiger partial charge in [-0.05, 0) is 19.1 Å². The van der Waals surface area contributed by atoms with Crippen LogP contribution < -0.4 is 10.5 Å². The zero-order valence-corrected chi connectivity index (χ0v) is 12.0. The third-order valence-electron chi connectivity index (χ3n) is 2.84. The molecule has 5 nitrogen and oxygen atoms in total. The van der Waals surface area contributed by atoms with Gasteiger partial charge in [0.1, 0.15) is 12.4 Å². The first-order valence-electron chi connectivity index (χ1n) is 6.48. The third-order valence-corrected chi connectivity index (χ3v) is 3.70. The fourth-order valence-electron chi connectivity index (χ4n) is 1.96. The second kappa shape index (κ2) is 5.60. The maximum atomic E-state index is 5.83. The van der Waals surface area contributed by atoms with Crippen LogP contribution in [-0.2, 0) is 13.0 Å². The molecule has 0 saturated heterocycles. The summed E-state index contributed by atoms with van der Waals surface area (Å²) in [6.45, 7) is 2.36. The Bertz CT molecular complexity index is 690. The Kier molecular flexibility index (Phi) is 3.66. The molecule has 3 rings (SSSR count). The normalized spacial score (nSPS) is 12.7. The molecule has 1 unspecified atom stereocenters. The molecule has 104 valence electrons. The first kappa shape index (κ1) is 13.1. The van der Waals surface area contributed by atoms with E-state index in [9.17, 15) is 0 Å². The Labute approximate surface area is 121 Å². The SMILES string of the molecule is CC(N)Cc1csc2nc(COc3ccccc3)nn12. The van der Waals surface area contributed by atoms with Crippen molar-refractivity contribution in [1.82, 2.24) is 14.6 Å². The Morgan fingerprint density at radius 1 is 1.35 bits per heavy atom. The van der Waals surface area contributed by atoms with E-state index in [1.54, 1.807) is 11.3 Å². The van der Waals surface area contributed by atoms with Gasteiger partial charge in [0.2, 0.25) is 4.96 Å². The van der Waals surface area contributed by atoms with Crippen molar-refractivity contribution in [2.75, 3.05) is 0 Å².